The number of rotatable bonds is 2. The highest BCUT2D eigenvalue weighted by Crippen LogP contribution is 2.34. The zero-order valence-electron chi connectivity index (χ0n) is 13.0. The smallest absolute Gasteiger partial charge is 0.292 e. The number of benzene rings is 1. The molecule has 0 unspecified atom stereocenters. The van der Waals surface area contributed by atoms with Gasteiger partial charge in [-0.3, -0.25) is 0 Å². The van der Waals surface area contributed by atoms with Gasteiger partial charge >= 0.3 is 0 Å². The summed E-state index contributed by atoms with van der Waals surface area (Å²) in [6.45, 7) is 4.06. The lowest BCUT2D eigenvalue weighted by atomic mass is 10.1. The SMILES string of the molecule is CC(C)n1nc(-c2ccc3oc(N)nc3c2)c2c(Br)nc(N)nc21. The van der Waals surface area contributed by atoms with E-state index in [9.17, 15) is 0 Å². The minimum absolute atomic E-state index is 0.119. The summed E-state index contributed by atoms with van der Waals surface area (Å²) in [7, 11) is 0. The Balaban J connectivity index is 2.04. The van der Waals surface area contributed by atoms with Crippen LogP contribution in [0.4, 0.5) is 12.0 Å². The number of nitrogens with zero attached hydrogens (tertiary/aromatic N) is 5. The molecule has 0 aliphatic heterocycles. The summed E-state index contributed by atoms with van der Waals surface area (Å²) in [4.78, 5) is 12.7. The van der Waals surface area contributed by atoms with Crippen LogP contribution in [0.25, 0.3) is 33.4 Å². The van der Waals surface area contributed by atoms with E-state index >= 15 is 0 Å². The molecule has 0 fully saturated rings. The lowest BCUT2D eigenvalue weighted by Gasteiger charge is -2.06. The zero-order valence-corrected chi connectivity index (χ0v) is 14.6. The first-order chi connectivity index (χ1) is 11.4. The fraction of sp³-hybridized carbons (Fsp3) is 0.200. The van der Waals surface area contributed by atoms with Crippen LogP contribution in [0.2, 0.25) is 0 Å². The Morgan fingerprint density at radius 1 is 1.17 bits per heavy atom. The number of hydrogen-bond donors (Lipinski definition) is 2. The molecule has 0 aliphatic rings. The van der Waals surface area contributed by atoms with Crippen LogP contribution >= 0.6 is 15.9 Å². The van der Waals surface area contributed by atoms with Gasteiger partial charge in [0.1, 0.15) is 15.8 Å². The number of fused-ring (bicyclic) bond motifs is 2. The van der Waals surface area contributed by atoms with E-state index < -0.39 is 0 Å². The van der Waals surface area contributed by atoms with E-state index in [0.29, 0.717) is 21.4 Å². The molecule has 0 bridgehead atoms. The van der Waals surface area contributed by atoms with E-state index in [4.69, 9.17) is 21.0 Å². The van der Waals surface area contributed by atoms with E-state index in [1.54, 1.807) is 0 Å². The molecule has 0 saturated heterocycles. The molecular formula is C15H14BrN7O. The molecule has 3 heterocycles. The fourth-order valence-electron chi connectivity index (χ4n) is 2.67. The van der Waals surface area contributed by atoms with Crippen LogP contribution in [0.5, 0.6) is 0 Å². The highest BCUT2D eigenvalue weighted by molar-refractivity contribution is 9.10. The van der Waals surface area contributed by atoms with Gasteiger partial charge in [-0.1, -0.05) is 0 Å². The van der Waals surface area contributed by atoms with Gasteiger partial charge in [0.05, 0.1) is 5.39 Å². The molecular weight excluding hydrogens is 374 g/mol. The van der Waals surface area contributed by atoms with Crippen LogP contribution in [0.3, 0.4) is 0 Å². The van der Waals surface area contributed by atoms with Crippen LogP contribution in [0, 0.1) is 0 Å². The molecule has 1 aromatic carbocycles. The molecule has 4 N–H and O–H groups in total. The maximum atomic E-state index is 5.79. The first-order valence-corrected chi connectivity index (χ1v) is 8.11. The first kappa shape index (κ1) is 14.9. The van der Waals surface area contributed by atoms with E-state index in [2.05, 4.69) is 30.9 Å². The topological polar surface area (TPSA) is 122 Å². The Bertz CT molecular complexity index is 1080. The standard InChI is InChI=1S/C15H14BrN7O/c1-6(2)23-13-10(12(16)20-14(17)21-13)11(22-23)7-3-4-9-8(5-7)19-15(18)24-9/h3-6H,1-2H3,(H2,18,19)(H2,17,20,21). The predicted octanol–water partition coefficient (Wildman–Crippen LogP) is 3.14. The van der Waals surface area contributed by atoms with Gasteiger partial charge in [0.15, 0.2) is 11.2 Å². The Morgan fingerprint density at radius 3 is 2.71 bits per heavy atom. The Hall–Kier alpha value is -2.68. The molecule has 24 heavy (non-hydrogen) atoms. The molecule has 3 aromatic heterocycles. The molecule has 0 saturated carbocycles. The van der Waals surface area contributed by atoms with Crippen molar-refractivity contribution in [3.05, 3.63) is 22.8 Å². The second kappa shape index (κ2) is 5.17. The maximum Gasteiger partial charge on any atom is 0.292 e. The monoisotopic (exact) mass is 387 g/mol. The molecule has 122 valence electrons. The highest BCUT2D eigenvalue weighted by atomic mass is 79.9. The first-order valence-electron chi connectivity index (χ1n) is 7.31. The van der Waals surface area contributed by atoms with Gasteiger partial charge < -0.3 is 15.9 Å². The molecule has 0 amide bonds. The van der Waals surface area contributed by atoms with Crippen LogP contribution in [0.1, 0.15) is 19.9 Å². The van der Waals surface area contributed by atoms with Gasteiger partial charge in [0.2, 0.25) is 5.95 Å². The van der Waals surface area contributed by atoms with Gasteiger partial charge in [-0.25, -0.2) is 9.67 Å². The van der Waals surface area contributed by atoms with E-state index in [1.807, 2.05) is 36.7 Å². The van der Waals surface area contributed by atoms with Crippen molar-refractivity contribution in [2.45, 2.75) is 19.9 Å². The maximum absolute atomic E-state index is 5.79. The van der Waals surface area contributed by atoms with Gasteiger partial charge in [0.25, 0.3) is 6.01 Å². The number of hydrogen-bond acceptors (Lipinski definition) is 7. The Morgan fingerprint density at radius 2 is 1.96 bits per heavy atom. The lowest BCUT2D eigenvalue weighted by molar-refractivity contribution is 0.548. The number of anilines is 2. The zero-order chi connectivity index (χ0) is 17.0. The number of aromatic nitrogens is 5. The molecule has 8 nitrogen and oxygen atoms in total. The van der Waals surface area contributed by atoms with E-state index in [1.165, 1.54) is 0 Å². The molecule has 0 atom stereocenters. The number of oxazole rings is 1. The van der Waals surface area contributed by atoms with Crippen molar-refractivity contribution in [2.24, 2.45) is 0 Å². The van der Waals surface area contributed by atoms with Crippen molar-refractivity contribution in [3.63, 3.8) is 0 Å². The third kappa shape index (κ3) is 2.20. The highest BCUT2D eigenvalue weighted by Gasteiger charge is 2.20. The quantitative estimate of drug-likeness (QED) is 0.506. The summed E-state index contributed by atoms with van der Waals surface area (Å²) in [5.74, 6) is 0.197. The second-order valence-electron chi connectivity index (χ2n) is 5.69. The fourth-order valence-corrected chi connectivity index (χ4v) is 3.21. The van der Waals surface area contributed by atoms with Crippen LogP contribution in [0.15, 0.2) is 27.2 Å². The van der Waals surface area contributed by atoms with Crippen molar-refractivity contribution in [3.8, 4) is 11.3 Å². The lowest BCUT2D eigenvalue weighted by Crippen LogP contribution is -2.05. The van der Waals surface area contributed by atoms with Gasteiger partial charge in [-0.15, -0.1) is 0 Å². The van der Waals surface area contributed by atoms with Crippen molar-refractivity contribution >= 4 is 50.0 Å². The molecule has 0 spiro atoms. The van der Waals surface area contributed by atoms with Crippen molar-refractivity contribution in [2.75, 3.05) is 11.5 Å². The summed E-state index contributed by atoms with van der Waals surface area (Å²) in [5, 5.41) is 5.51. The van der Waals surface area contributed by atoms with Gasteiger partial charge in [0, 0.05) is 11.6 Å². The van der Waals surface area contributed by atoms with Crippen molar-refractivity contribution in [1.82, 2.24) is 24.7 Å². The number of nitrogens with two attached hydrogens (primary N) is 2. The summed E-state index contributed by atoms with van der Waals surface area (Å²) in [6, 6.07) is 5.86. The second-order valence-corrected chi connectivity index (χ2v) is 6.44. The van der Waals surface area contributed by atoms with Crippen LogP contribution in [-0.4, -0.2) is 24.7 Å². The number of halogens is 1. The Kier molecular flexibility index (Phi) is 3.20. The molecule has 0 aliphatic carbocycles. The summed E-state index contributed by atoms with van der Waals surface area (Å²) in [6.07, 6.45) is 0. The van der Waals surface area contributed by atoms with E-state index in [0.717, 1.165) is 16.6 Å². The normalized spacial score (nSPS) is 11.8. The van der Waals surface area contributed by atoms with E-state index in [-0.39, 0.29) is 18.0 Å². The van der Waals surface area contributed by atoms with Gasteiger partial charge in [-0.2, -0.15) is 15.1 Å². The van der Waals surface area contributed by atoms with Crippen LogP contribution < -0.4 is 11.5 Å². The summed E-state index contributed by atoms with van der Waals surface area (Å²) >= 11 is 3.47. The average Bonchev–Trinajstić information content (AvgIpc) is 3.05. The Labute approximate surface area is 145 Å². The minimum atomic E-state index is 0.119. The summed E-state index contributed by atoms with van der Waals surface area (Å²) in [5.41, 5.74) is 15.0. The molecule has 4 rings (SSSR count). The van der Waals surface area contributed by atoms with Gasteiger partial charge in [-0.05, 0) is 48.0 Å². The minimum Gasteiger partial charge on any atom is -0.424 e. The third-order valence-electron chi connectivity index (χ3n) is 3.69. The van der Waals surface area contributed by atoms with Crippen LogP contribution in [-0.2, 0) is 0 Å². The average molecular weight is 388 g/mol. The van der Waals surface area contributed by atoms with Crippen molar-refractivity contribution < 1.29 is 4.42 Å². The molecule has 4 aromatic rings. The largest absolute Gasteiger partial charge is 0.424 e. The third-order valence-corrected chi connectivity index (χ3v) is 4.27. The molecule has 0 radical (unpaired) electrons. The predicted molar refractivity (Wildman–Crippen MR) is 95.2 cm³/mol. The molecule has 9 heteroatoms. The summed E-state index contributed by atoms with van der Waals surface area (Å²) < 4.78 is 7.75. The van der Waals surface area contributed by atoms with Crippen molar-refractivity contribution in [1.29, 1.82) is 0 Å². The number of nitrogen functional groups attached to an aromatic ring is 2.